The summed E-state index contributed by atoms with van der Waals surface area (Å²) in [5.41, 5.74) is 0.481. The first kappa shape index (κ1) is 15.1. The van der Waals surface area contributed by atoms with Gasteiger partial charge in [-0.2, -0.15) is 0 Å². The zero-order valence-electron chi connectivity index (χ0n) is 7.42. The molecule has 0 saturated carbocycles. The van der Waals surface area contributed by atoms with Gasteiger partial charge in [-0.05, 0) is 19.1 Å². The summed E-state index contributed by atoms with van der Waals surface area (Å²) in [4.78, 5) is 11.0. The summed E-state index contributed by atoms with van der Waals surface area (Å²) in [6.07, 6.45) is 0. The first-order valence-electron chi connectivity index (χ1n) is 3.48. The number of halogens is 1. The van der Waals surface area contributed by atoms with Crippen molar-refractivity contribution in [3.8, 4) is 0 Å². The fraction of sp³-hybridized carbons (Fsp3) is 0.222. The third-order valence-electron chi connectivity index (χ3n) is 1.20. The number of esters is 1. The predicted molar refractivity (Wildman–Crippen MR) is 41.2 cm³/mol. The fourth-order valence-electron chi connectivity index (χ4n) is 0.729. The minimum atomic E-state index is -0.312. The van der Waals surface area contributed by atoms with E-state index in [1.807, 2.05) is 6.07 Å². The van der Waals surface area contributed by atoms with Crippen molar-refractivity contribution in [1.29, 1.82) is 0 Å². The Balaban J connectivity index is 0. The summed E-state index contributed by atoms with van der Waals surface area (Å²) in [6.45, 7) is 2.18. The molecule has 0 spiro atoms. The molecule has 0 aromatic heterocycles. The first-order valence-corrected chi connectivity index (χ1v) is 3.48. The average Bonchev–Trinajstić information content (AvgIpc) is 2.07. The molecule has 0 fully saturated rings. The van der Waals surface area contributed by atoms with Crippen molar-refractivity contribution in [2.24, 2.45) is 0 Å². The van der Waals surface area contributed by atoms with Gasteiger partial charge in [-0.1, -0.05) is 18.2 Å². The van der Waals surface area contributed by atoms with Crippen LogP contribution in [0.15, 0.2) is 24.3 Å². The van der Waals surface area contributed by atoms with Crippen molar-refractivity contribution >= 4 is 5.97 Å². The standard InChI is InChI=1S/C9H9O2.ClH.Zn/c1-2-11-9(10)8-6-4-3-5-7-8;;/h3-6H,2H2,1H3;1H;/p-1. The van der Waals surface area contributed by atoms with Crippen molar-refractivity contribution in [2.75, 3.05) is 6.61 Å². The van der Waals surface area contributed by atoms with Crippen LogP contribution >= 0.6 is 0 Å². The van der Waals surface area contributed by atoms with Gasteiger partial charge >= 0.3 is 5.97 Å². The molecule has 0 aliphatic rings. The minimum absolute atomic E-state index is 0. The van der Waals surface area contributed by atoms with E-state index in [0.29, 0.717) is 12.2 Å². The van der Waals surface area contributed by atoms with Gasteiger partial charge in [0.25, 0.3) is 0 Å². The van der Waals surface area contributed by atoms with Gasteiger partial charge in [0.15, 0.2) is 0 Å². The van der Waals surface area contributed by atoms with Gasteiger partial charge in [0.1, 0.15) is 0 Å². The zero-order valence-corrected chi connectivity index (χ0v) is 11.1. The smallest absolute Gasteiger partial charge is 0.338 e. The van der Waals surface area contributed by atoms with Crippen LogP contribution in [-0.4, -0.2) is 12.6 Å². The van der Waals surface area contributed by atoms with E-state index in [-0.39, 0.29) is 37.9 Å². The van der Waals surface area contributed by atoms with Gasteiger partial charge < -0.3 is 17.1 Å². The van der Waals surface area contributed by atoms with Gasteiger partial charge in [-0.15, -0.1) is 0 Å². The van der Waals surface area contributed by atoms with Gasteiger partial charge in [-0.3, -0.25) is 0 Å². The molecule has 13 heavy (non-hydrogen) atoms. The molecular formula is C9H9ClO2Zn-. The van der Waals surface area contributed by atoms with Crippen LogP contribution < -0.4 is 12.4 Å². The molecule has 0 aliphatic heterocycles. The van der Waals surface area contributed by atoms with Crippen LogP contribution in [0.2, 0.25) is 0 Å². The van der Waals surface area contributed by atoms with Crippen LogP contribution in [0.5, 0.6) is 0 Å². The Kier molecular flexibility index (Phi) is 9.54. The molecule has 67 valence electrons. The number of benzene rings is 1. The molecule has 0 heterocycles. The van der Waals surface area contributed by atoms with Crippen LogP contribution in [0.1, 0.15) is 17.3 Å². The molecule has 4 heteroatoms. The Morgan fingerprint density at radius 2 is 2.23 bits per heavy atom. The summed E-state index contributed by atoms with van der Waals surface area (Å²) in [7, 11) is 0. The fourth-order valence-corrected chi connectivity index (χ4v) is 0.729. The van der Waals surface area contributed by atoms with Crippen LogP contribution in [0.4, 0.5) is 0 Å². The van der Waals surface area contributed by atoms with Crippen molar-refractivity contribution < 1.29 is 41.4 Å². The van der Waals surface area contributed by atoms with Crippen LogP contribution in [0.3, 0.4) is 0 Å². The second kappa shape index (κ2) is 8.21. The van der Waals surface area contributed by atoms with E-state index < -0.39 is 0 Å². The van der Waals surface area contributed by atoms with Gasteiger partial charge in [0.05, 0.1) is 12.2 Å². The number of hydrogen-bond donors (Lipinski definition) is 0. The minimum Gasteiger partial charge on any atom is -1.00 e. The van der Waals surface area contributed by atoms with Crippen molar-refractivity contribution in [3.05, 3.63) is 35.9 Å². The maximum Gasteiger partial charge on any atom is 0.338 e. The molecule has 1 aromatic rings. The van der Waals surface area contributed by atoms with Gasteiger partial charge in [0.2, 0.25) is 0 Å². The first-order chi connectivity index (χ1) is 5.34. The van der Waals surface area contributed by atoms with Gasteiger partial charge in [-0.25, -0.2) is 4.79 Å². The Morgan fingerprint density at radius 1 is 1.54 bits per heavy atom. The molecule has 0 aliphatic carbocycles. The average molecular weight is 250 g/mol. The van der Waals surface area contributed by atoms with E-state index in [1.54, 1.807) is 25.1 Å². The van der Waals surface area contributed by atoms with Gasteiger partial charge in [0, 0.05) is 19.5 Å². The normalized spacial score (nSPS) is 7.77. The Labute approximate surface area is 96.8 Å². The Morgan fingerprint density at radius 3 is 2.69 bits per heavy atom. The van der Waals surface area contributed by atoms with Crippen molar-refractivity contribution in [2.45, 2.75) is 6.92 Å². The van der Waals surface area contributed by atoms with Crippen LogP contribution in [0.25, 0.3) is 0 Å². The molecule has 1 aromatic carbocycles. The Bertz CT molecular complexity index is 239. The zero-order chi connectivity index (χ0) is 8.10. The van der Waals surface area contributed by atoms with E-state index in [0.717, 1.165) is 0 Å². The number of carbonyl (C=O) groups excluding carboxylic acids is 1. The summed E-state index contributed by atoms with van der Waals surface area (Å²) in [5.74, 6) is -0.312. The van der Waals surface area contributed by atoms with E-state index in [2.05, 4.69) is 6.07 Å². The van der Waals surface area contributed by atoms with Crippen molar-refractivity contribution in [1.82, 2.24) is 0 Å². The van der Waals surface area contributed by atoms with Crippen molar-refractivity contribution in [3.63, 3.8) is 0 Å². The topological polar surface area (TPSA) is 26.3 Å². The van der Waals surface area contributed by atoms with Crippen LogP contribution in [-0.2, 0) is 24.2 Å². The third-order valence-corrected chi connectivity index (χ3v) is 1.20. The second-order valence-electron chi connectivity index (χ2n) is 2.00. The quantitative estimate of drug-likeness (QED) is 0.480. The number of carbonyl (C=O) groups is 1. The molecule has 1 radical (unpaired) electrons. The number of hydrogen-bond acceptors (Lipinski definition) is 2. The number of ether oxygens (including phenoxy) is 1. The SMILES string of the molecule is CCOC(=O)c1[c]cccc1.[Cl-].[Zn]. The molecule has 0 atom stereocenters. The van der Waals surface area contributed by atoms with E-state index in [1.165, 1.54) is 0 Å². The molecular weight excluding hydrogens is 241 g/mol. The van der Waals surface area contributed by atoms with E-state index in [4.69, 9.17) is 4.74 Å². The molecule has 0 bridgehead atoms. The largest absolute Gasteiger partial charge is 1.00 e. The molecule has 0 amide bonds. The molecule has 2 nitrogen and oxygen atoms in total. The monoisotopic (exact) mass is 248 g/mol. The predicted octanol–water partition coefficient (Wildman–Crippen LogP) is -1.34. The molecule has 1 rings (SSSR count). The summed E-state index contributed by atoms with van der Waals surface area (Å²) >= 11 is 0. The maximum absolute atomic E-state index is 11.0. The molecule has 0 saturated heterocycles. The van der Waals surface area contributed by atoms with E-state index >= 15 is 0 Å². The summed E-state index contributed by atoms with van der Waals surface area (Å²) in [6, 6.07) is 9.73. The van der Waals surface area contributed by atoms with E-state index in [9.17, 15) is 4.79 Å². The summed E-state index contributed by atoms with van der Waals surface area (Å²) in [5, 5.41) is 0. The number of rotatable bonds is 2. The Hall–Kier alpha value is -0.397. The molecule has 0 unspecified atom stereocenters. The maximum atomic E-state index is 11.0. The van der Waals surface area contributed by atoms with Crippen LogP contribution in [0, 0.1) is 6.07 Å². The summed E-state index contributed by atoms with van der Waals surface area (Å²) < 4.78 is 4.76. The molecule has 0 N–H and O–H groups in total. The second-order valence-corrected chi connectivity index (χ2v) is 2.00. The third kappa shape index (κ3) is 5.02.